The molecule has 1 heterocycles. The summed E-state index contributed by atoms with van der Waals surface area (Å²) in [5.74, 6) is 5.11. The number of para-hydroxylation sites is 4. The van der Waals surface area contributed by atoms with Crippen LogP contribution in [0.5, 0.6) is 57.5 Å². The number of nitrogens with zero attached hydrogens (tertiary/aromatic N) is 2. The van der Waals surface area contributed by atoms with Crippen LogP contribution in [-0.4, -0.2) is 23.4 Å². The van der Waals surface area contributed by atoms with Gasteiger partial charge in [0.05, 0.1) is 23.1 Å². The van der Waals surface area contributed by atoms with E-state index in [9.17, 15) is 0 Å². The smallest absolute Gasteiger partial charge is 0.332 e. The van der Waals surface area contributed by atoms with Crippen LogP contribution in [0.3, 0.4) is 0 Å². The minimum Gasteiger partial charge on any atom is -0.497 e. The topological polar surface area (TPSA) is 92.4 Å². The van der Waals surface area contributed by atoms with Crippen molar-refractivity contribution in [3.05, 3.63) is 158 Å². The van der Waals surface area contributed by atoms with Gasteiger partial charge in [-0.05, 0) is 89.5 Å². The molecule has 1 aliphatic heterocycles. The van der Waals surface area contributed by atoms with Crippen molar-refractivity contribution in [3.63, 3.8) is 0 Å². The zero-order valence-electron chi connectivity index (χ0n) is 28.1. The standard InChI is InChI=1S/C38H34N3O8P3/c1-42-29-23-25-33(26-24-29)47-41-51(39-50-40(46-32-19-11-5-12-20-32)52(41)48-34-21-13-6-14-22-34)49-36-28-27-35(43-2)37(44-30-15-7-3-8-16-30)38(36)45-31-17-9-4-10-18-31/h3-28,39,50H,1-2H3. The van der Waals surface area contributed by atoms with Crippen LogP contribution in [0.1, 0.15) is 0 Å². The lowest BCUT2D eigenvalue weighted by molar-refractivity contribution is 0.0675. The maximum atomic E-state index is 6.86. The molecule has 3 unspecified atom stereocenters. The Morgan fingerprint density at radius 2 is 0.942 bits per heavy atom. The van der Waals surface area contributed by atoms with E-state index in [0.717, 1.165) is 0 Å². The van der Waals surface area contributed by atoms with Crippen molar-refractivity contribution in [2.45, 2.75) is 0 Å². The van der Waals surface area contributed by atoms with Gasteiger partial charge in [-0.1, -0.05) is 72.8 Å². The fourth-order valence-electron chi connectivity index (χ4n) is 4.72. The van der Waals surface area contributed by atoms with Gasteiger partial charge in [0.2, 0.25) is 11.5 Å². The van der Waals surface area contributed by atoms with Crippen LogP contribution in [-0.2, 0) is 0 Å². The monoisotopic (exact) mass is 753 g/mol. The van der Waals surface area contributed by atoms with Gasteiger partial charge >= 0.3 is 8.45 Å². The summed E-state index contributed by atoms with van der Waals surface area (Å²) in [6.45, 7) is 0. The van der Waals surface area contributed by atoms with Gasteiger partial charge in [-0.2, -0.15) is 0 Å². The van der Waals surface area contributed by atoms with Gasteiger partial charge in [-0.25, -0.2) is 4.86 Å². The number of hydrogen-bond donors (Lipinski definition) is 1. The molecule has 0 aromatic heterocycles. The highest BCUT2D eigenvalue weighted by Gasteiger charge is 2.47. The van der Waals surface area contributed by atoms with Gasteiger partial charge < -0.3 is 37.7 Å². The maximum Gasteiger partial charge on any atom is 0.332 e. The molecule has 1 fully saturated rings. The molecule has 1 saturated heterocycles. The van der Waals surface area contributed by atoms with Crippen molar-refractivity contribution in [2.24, 2.45) is 0 Å². The summed E-state index contributed by atoms with van der Waals surface area (Å²) in [6.07, 6.45) is 0. The van der Waals surface area contributed by atoms with Crippen LogP contribution in [0.4, 0.5) is 0 Å². The van der Waals surface area contributed by atoms with Gasteiger partial charge in [0.15, 0.2) is 11.5 Å². The van der Waals surface area contributed by atoms with Gasteiger partial charge in [0, 0.05) is 4.60 Å². The number of methoxy groups -OCH3 is 2. The van der Waals surface area contributed by atoms with Crippen LogP contribution in [0.25, 0.3) is 0 Å². The van der Waals surface area contributed by atoms with Crippen molar-refractivity contribution in [1.29, 1.82) is 0 Å². The van der Waals surface area contributed by atoms with Crippen molar-refractivity contribution in [2.75, 3.05) is 14.2 Å². The van der Waals surface area contributed by atoms with Crippen molar-refractivity contribution in [3.8, 4) is 57.5 Å². The Balaban J connectivity index is 1.29. The molecule has 14 heteroatoms. The van der Waals surface area contributed by atoms with E-state index in [0.29, 0.717) is 57.5 Å². The first-order chi connectivity index (χ1) is 25.7. The van der Waals surface area contributed by atoms with Crippen LogP contribution in [0, 0.1) is 0 Å². The predicted molar refractivity (Wildman–Crippen MR) is 203 cm³/mol. The molecule has 3 atom stereocenters. The van der Waals surface area contributed by atoms with Crippen LogP contribution in [0.15, 0.2) is 158 Å². The quantitative estimate of drug-likeness (QED) is 0.108. The third-order valence-corrected chi connectivity index (χ3v) is 12.3. The van der Waals surface area contributed by atoms with E-state index in [1.807, 2.05) is 146 Å². The molecular formula is C38H34N3O8P3. The number of ether oxygens (including phenoxy) is 4. The fraction of sp³-hybridized carbons (Fsp3) is 0.0526. The third-order valence-electron chi connectivity index (χ3n) is 7.18. The SMILES string of the molecule is COc1ccc(ON2P(Oc3ccc(OC)c(Oc4ccccc4)c3Oc3ccccc3)NPN(Oc3ccccc3)P2Oc2ccccc2)cc1. The second-order valence-electron chi connectivity index (χ2n) is 10.7. The first-order valence-corrected chi connectivity index (χ1v) is 19.3. The zero-order valence-corrected chi connectivity index (χ0v) is 30.9. The molecular weight excluding hydrogens is 719 g/mol. The molecule has 11 nitrogen and oxygen atoms in total. The maximum absolute atomic E-state index is 6.86. The van der Waals surface area contributed by atoms with Crippen molar-refractivity contribution < 1.29 is 37.7 Å². The third kappa shape index (κ3) is 8.84. The van der Waals surface area contributed by atoms with Gasteiger partial charge in [0.1, 0.15) is 34.5 Å². The summed E-state index contributed by atoms with van der Waals surface area (Å²) < 4.78 is 41.0. The summed E-state index contributed by atoms with van der Waals surface area (Å²) in [7, 11) is -0.555. The molecule has 1 aliphatic rings. The van der Waals surface area contributed by atoms with Crippen molar-refractivity contribution >= 4 is 25.8 Å². The zero-order chi connectivity index (χ0) is 35.5. The minimum absolute atomic E-state index is 0.0996. The molecule has 6 aromatic carbocycles. The lowest BCUT2D eigenvalue weighted by atomic mass is 10.2. The Labute approximate surface area is 306 Å². The number of hydrogen-bond acceptors (Lipinski definition) is 11. The summed E-state index contributed by atoms with van der Waals surface area (Å²) in [5, 5.41) is 0. The van der Waals surface area contributed by atoms with E-state index in [2.05, 4.69) is 4.86 Å². The Morgan fingerprint density at radius 1 is 0.462 bits per heavy atom. The first-order valence-electron chi connectivity index (χ1n) is 16.0. The largest absolute Gasteiger partial charge is 0.497 e. The second-order valence-corrected chi connectivity index (χ2v) is 15.4. The van der Waals surface area contributed by atoms with E-state index in [4.69, 9.17) is 37.7 Å². The average Bonchev–Trinajstić information content (AvgIpc) is 3.20. The van der Waals surface area contributed by atoms with Crippen molar-refractivity contribution in [1.82, 2.24) is 14.1 Å². The second kappa shape index (κ2) is 17.4. The van der Waals surface area contributed by atoms with Crippen LogP contribution < -0.4 is 42.5 Å². The minimum atomic E-state index is -1.84. The Hall–Kier alpha value is -5.11. The van der Waals surface area contributed by atoms with E-state index in [1.165, 1.54) is 0 Å². The summed E-state index contributed by atoms with van der Waals surface area (Å²) in [5.41, 5.74) is 0. The Morgan fingerprint density at radius 3 is 1.50 bits per heavy atom. The highest BCUT2D eigenvalue weighted by atomic mass is 31.3. The Kier molecular flexibility index (Phi) is 11.8. The molecule has 0 amide bonds. The number of nitrogens with one attached hydrogen (secondary N) is 1. The van der Waals surface area contributed by atoms with Crippen LogP contribution in [0.2, 0.25) is 0 Å². The molecule has 0 aliphatic carbocycles. The first kappa shape index (κ1) is 35.3. The lowest BCUT2D eigenvalue weighted by Gasteiger charge is -2.41. The molecule has 6 aromatic rings. The predicted octanol–water partition coefficient (Wildman–Crippen LogP) is 10.9. The number of rotatable bonds is 14. The Bertz CT molecular complexity index is 2000. The van der Waals surface area contributed by atoms with E-state index in [1.54, 1.807) is 35.6 Å². The summed E-state index contributed by atoms with van der Waals surface area (Å²) >= 11 is 0. The molecule has 264 valence electrons. The van der Waals surface area contributed by atoms with E-state index < -0.39 is 16.9 Å². The van der Waals surface area contributed by atoms with Gasteiger partial charge in [0.25, 0.3) is 8.45 Å². The van der Waals surface area contributed by atoms with Gasteiger partial charge in [-0.3, -0.25) is 0 Å². The molecule has 1 N–H and O–H groups in total. The molecule has 0 saturated carbocycles. The number of benzene rings is 6. The summed E-state index contributed by atoms with van der Waals surface area (Å²) in [4.78, 5) is 16.5. The van der Waals surface area contributed by atoms with E-state index >= 15 is 0 Å². The van der Waals surface area contributed by atoms with Gasteiger partial charge in [-0.15, -0.1) is 0 Å². The molecule has 0 bridgehead atoms. The van der Waals surface area contributed by atoms with E-state index in [-0.39, 0.29) is 8.88 Å². The molecule has 7 rings (SSSR count). The average molecular weight is 754 g/mol. The highest BCUT2D eigenvalue weighted by molar-refractivity contribution is 7.74. The highest BCUT2D eigenvalue weighted by Crippen LogP contribution is 2.66. The molecule has 52 heavy (non-hydrogen) atoms. The fourth-order valence-corrected chi connectivity index (χ4v) is 10.3. The normalized spacial score (nSPS) is 16.4. The summed E-state index contributed by atoms with van der Waals surface area (Å²) in [6, 6.07) is 48.6. The lowest BCUT2D eigenvalue weighted by Crippen LogP contribution is -2.37. The molecule has 0 spiro atoms. The molecule has 0 radical (unpaired) electrons. The van der Waals surface area contributed by atoms with Crippen LogP contribution >= 0.6 is 25.8 Å².